The number of amides is 1. The predicted molar refractivity (Wildman–Crippen MR) is 102 cm³/mol. The van der Waals surface area contributed by atoms with E-state index in [1.165, 1.54) is 22.7 Å². The first-order valence-electron chi connectivity index (χ1n) is 7.37. The van der Waals surface area contributed by atoms with Gasteiger partial charge in [0.2, 0.25) is 0 Å². The Labute approximate surface area is 154 Å². The lowest BCUT2D eigenvalue weighted by Gasteiger charge is -2.07. The molecule has 1 aliphatic rings. The summed E-state index contributed by atoms with van der Waals surface area (Å²) in [5.41, 5.74) is 1.47. The molecule has 0 unspecified atom stereocenters. The molecule has 1 heterocycles. The van der Waals surface area contributed by atoms with Gasteiger partial charge in [-0.15, -0.1) is 0 Å². The van der Waals surface area contributed by atoms with E-state index in [0.29, 0.717) is 10.1 Å². The van der Waals surface area contributed by atoms with Crippen LogP contribution in [-0.4, -0.2) is 35.2 Å². The summed E-state index contributed by atoms with van der Waals surface area (Å²) in [6.07, 6.45) is 1.73. The van der Waals surface area contributed by atoms with Gasteiger partial charge in [-0.3, -0.25) is 9.69 Å². The molecule has 128 valence electrons. The largest absolute Gasteiger partial charge is 0.506 e. The van der Waals surface area contributed by atoms with Crippen LogP contribution in [0.1, 0.15) is 5.56 Å². The standard InChI is InChI=1S/C18H15ClN2O3S/c1-21-17(23)16(10-11-3-8-15(22)14(19)9-11)25-18(21)20-12-4-6-13(24-2)7-5-12/h3-10,22H,1-2H3. The molecule has 0 spiro atoms. The van der Waals surface area contributed by atoms with Gasteiger partial charge in [0.05, 0.1) is 22.7 Å². The number of rotatable bonds is 3. The van der Waals surface area contributed by atoms with Gasteiger partial charge in [0.25, 0.3) is 5.91 Å². The second kappa shape index (κ2) is 7.21. The molecule has 1 fully saturated rings. The third kappa shape index (κ3) is 3.81. The van der Waals surface area contributed by atoms with Crippen LogP contribution in [0, 0.1) is 0 Å². The van der Waals surface area contributed by atoms with Crippen molar-refractivity contribution in [2.24, 2.45) is 4.99 Å². The molecule has 2 aromatic carbocycles. The number of aliphatic imine (C=N–C) groups is 1. The van der Waals surface area contributed by atoms with E-state index in [0.717, 1.165) is 17.0 Å². The van der Waals surface area contributed by atoms with Gasteiger partial charge in [-0.05, 0) is 59.8 Å². The number of hydrogen-bond acceptors (Lipinski definition) is 5. The number of likely N-dealkylation sites (N-methyl/N-ethyl adjacent to an activating group) is 1. The Morgan fingerprint density at radius 1 is 1.24 bits per heavy atom. The Balaban J connectivity index is 1.87. The smallest absolute Gasteiger partial charge is 0.266 e. The molecule has 3 rings (SSSR count). The van der Waals surface area contributed by atoms with E-state index in [1.807, 2.05) is 24.3 Å². The Morgan fingerprint density at radius 3 is 2.60 bits per heavy atom. The molecule has 1 saturated heterocycles. The molecule has 7 heteroatoms. The number of ether oxygens (including phenoxy) is 1. The van der Waals surface area contributed by atoms with Crippen molar-refractivity contribution in [1.82, 2.24) is 4.90 Å². The number of phenols is 1. The van der Waals surface area contributed by atoms with Crippen LogP contribution in [0.4, 0.5) is 5.69 Å². The highest BCUT2D eigenvalue weighted by atomic mass is 35.5. The fourth-order valence-corrected chi connectivity index (χ4v) is 3.36. The average Bonchev–Trinajstić information content (AvgIpc) is 2.87. The highest BCUT2D eigenvalue weighted by Gasteiger charge is 2.30. The van der Waals surface area contributed by atoms with E-state index in [2.05, 4.69) is 4.99 Å². The van der Waals surface area contributed by atoms with Gasteiger partial charge in [0.1, 0.15) is 11.5 Å². The lowest BCUT2D eigenvalue weighted by molar-refractivity contribution is -0.121. The lowest BCUT2D eigenvalue weighted by Crippen LogP contribution is -2.23. The van der Waals surface area contributed by atoms with E-state index in [4.69, 9.17) is 16.3 Å². The molecule has 1 amide bonds. The summed E-state index contributed by atoms with van der Waals surface area (Å²) in [6, 6.07) is 12.1. The van der Waals surface area contributed by atoms with Crippen molar-refractivity contribution in [3.63, 3.8) is 0 Å². The highest BCUT2D eigenvalue weighted by molar-refractivity contribution is 8.18. The summed E-state index contributed by atoms with van der Waals surface area (Å²) in [7, 11) is 3.29. The number of hydrogen-bond donors (Lipinski definition) is 1. The molecule has 0 aromatic heterocycles. The minimum absolute atomic E-state index is 0.00749. The predicted octanol–water partition coefficient (Wildman–Crippen LogP) is 4.29. The summed E-state index contributed by atoms with van der Waals surface area (Å²) in [5.74, 6) is 0.617. The van der Waals surface area contributed by atoms with Crippen molar-refractivity contribution in [1.29, 1.82) is 0 Å². The van der Waals surface area contributed by atoms with Gasteiger partial charge in [-0.2, -0.15) is 0 Å². The minimum Gasteiger partial charge on any atom is -0.506 e. The number of halogens is 1. The van der Waals surface area contributed by atoms with Crippen LogP contribution in [-0.2, 0) is 4.79 Å². The van der Waals surface area contributed by atoms with Crippen LogP contribution < -0.4 is 4.74 Å². The van der Waals surface area contributed by atoms with Gasteiger partial charge in [0.15, 0.2) is 5.17 Å². The van der Waals surface area contributed by atoms with E-state index < -0.39 is 0 Å². The van der Waals surface area contributed by atoms with Crippen LogP contribution >= 0.6 is 23.4 Å². The monoisotopic (exact) mass is 374 g/mol. The van der Waals surface area contributed by atoms with Gasteiger partial charge in [-0.25, -0.2) is 4.99 Å². The third-order valence-corrected chi connectivity index (χ3v) is 4.93. The summed E-state index contributed by atoms with van der Waals surface area (Å²) in [5, 5.41) is 10.3. The third-order valence-electron chi connectivity index (χ3n) is 3.57. The molecule has 2 aromatic rings. The van der Waals surface area contributed by atoms with Gasteiger partial charge >= 0.3 is 0 Å². The summed E-state index contributed by atoms with van der Waals surface area (Å²) in [4.78, 5) is 19.0. The maximum absolute atomic E-state index is 12.4. The van der Waals surface area contributed by atoms with Crippen molar-refractivity contribution >= 4 is 46.2 Å². The molecular weight excluding hydrogens is 360 g/mol. The normalized spacial score (nSPS) is 17.6. The zero-order valence-corrected chi connectivity index (χ0v) is 15.1. The quantitative estimate of drug-likeness (QED) is 0.814. The Hall–Kier alpha value is -2.44. The summed E-state index contributed by atoms with van der Waals surface area (Å²) in [6.45, 7) is 0. The van der Waals surface area contributed by atoms with Gasteiger partial charge < -0.3 is 9.84 Å². The van der Waals surface area contributed by atoms with Crippen LogP contribution in [0.15, 0.2) is 52.4 Å². The molecule has 0 saturated carbocycles. The number of nitrogens with zero attached hydrogens (tertiary/aromatic N) is 2. The molecule has 0 radical (unpaired) electrons. The number of benzene rings is 2. The first-order chi connectivity index (χ1) is 12.0. The van der Waals surface area contributed by atoms with Crippen LogP contribution in [0.3, 0.4) is 0 Å². The fraction of sp³-hybridized carbons (Fsp3) is 0.111. The molecule has 0 bridgehead atoms. The van der Waals surface area contributed by atoms with E-state index >= 15 is 0 Å². The van der Waals surface area contributed by atoms with E-state index in [-0.39, 0.29) is 16.7 Å². The number of aromatic hydroxyl groups is 1. The topological polar surface area (TPSA) is 62.1 Å². The first-order valence-corrected chi connectivity index (χ1v) is 8.56. The molecule has 0 aliphatic carbocycles. The number of carbonyl (C=O) groups excluding carboxylic acids is 1. The van der Waals surface area contributed by atoms with E-state index in [1.54, 1.807) is 32.4 Å². The number of carbonyl (C=O) groups is 1. The highest BCUT2D eigenvalue weighted by Crippen LogP contribution is 2.34. The SMILES string of the molecule is COc1ccc(N=C2SC(=Cc3ccc(O)c(Cl)c3)C(=O)N2C)cc1. The molecule has 0 atom stereocenters. The number of phenolic OH excluding ortho intramolecular Hbond substituents is 1. The molecule has 5 nitrogen and oxygen atoms in total. The fourth-order valence-electron chi connectivity index (χ4n) is 2.18. The Kier molecular flexibility index (Phi) is 5.01. The molecule has 1 N–H and O–H groups in total. The zero-order chi connectivity index (χ0) is 18.0. The maximum atomic E-state index is 12.4. The first kappa shape index (κ1) is 17.4. The average molecular weight is 375 g/mol. The number of thioether (sulfide) groups is 1. The number of methoxy groups -OCH3 is 1. The van der Waals surface area contributed by atoms with Crippen molar-refractivity contribution in [3.05, 3.63) is 58.0 Å². The molecular formula is C18H15ClN2O3S. The van der Waals surface area contributed by atoms with Crippen LogP contribution in [0.2, 0.25) is 5.02 Å². The van der Waals surface area contributed by atoms with Gasteiger partial charge in [0, 0.05) is 7.05 Å². The summed E-state index contributed by atoms with van der Waals surface area (Å²) >= 11 is 7.20. The second-order valence-electron chi connectivity index (χ2n) is 5.28. The molecule has 25 heavy (non-hydrogen) atoms. The number of amidine groups is 1. The summed E-state index contributed by atoms with van der Waals surface area (Å²) < 4.78 is 5.12. The van der Waals surface area contributed by atoms with E-state index in [9.17, 15) is 9.90 Å². The van der Waals surface area contributed by atoms with Crippen molar-refractivity contribution in [2.45, 2.75) is 0 Å². The van der Waals surface area contributed by atoms with Crippen molar-refractivity contribution < 1.29 is 14.6 Å². The van der Waals surface area contributed by atoms with Crippen molar-refractivity contribution in [2.75, 3.05) is 14.2 Å². The second-order valence-corrected chi connectivity index (χ2v) is 6.69. The maximum Gasteiger partial charge on any atom is 0.266 e. The molecule has 1 aliphatic heterocycles. The lowest BCUT2D eigenvalue weighted by atomic mass is 10.2. The van der Waals surface area contributed by atoms with Gasteiger partial charge in [-0.1, -0.05) is 17.7 Å². The zero-order valence-electron chi connectivity index (χ0n) is 13.6. The van der Waals surface area contributed by atoms with Crippen LogP contribution in [0.5, 0.6) is 11.5 Å². The van der Waals surface area contributed by atoms with Crippen LogP contribution in [0.25, 0.3) is 6.08 Å². The Morgan fingerprint density at radius 2 is 1.96 bits per heavy atom. The Bertz CT molecular complexity index is 878. The minimum atomic E-state index is -0.138. The van der Waals surface area contributed by atoms with Crippen molar-refractivity contribution in [3.8, 4) is 11.5 Å².